The molecule has 1 aromatic carbocycles. The zero-order chi connectivity index (χ0) is 17.5. The van der Waals surface area contributed by atoms with Crippen LogP contribution in [0, 0.1) is 0 Å². The van der Waals surface area contributed by atoms with Gasteiger partial charge in [0.1, 0.15) is 17.5 Å². The number of nitrogens with zero attached hydrogens (tertiary/aromatic N) is 2. The van der Waals surface area contributed by atoms with Gasteiger partial charge in [-0.1, -0.05) is 23.9 Å². The normalized spacial score (nSPS) is 18.8. The van der Waals surface area contributed by atoms with Gasteiger partial charge in [-0.05, 0) is 12.1 Å². The van der Waals surface area contributed by atoms with Crippen LogP contribution in [-0.4, -0.2) is 51.2 Å². The number of carbonyl (C=O) groups excluding carboxylic acids is 2. The lowest BCUT2D eigenvalue weighted by molar-refractivity contribution is -0.137. The number of aromatic hydroxyl groups is 1. The Morgan fingerprint density at radius 2 is 2.12 bits per heavy atom. The molecular formula is C14H14N4O5S. The Morgan fingerprint density at radius 1 is 1.38 bits per heavy atom. The van der Waals surface area contributed by atoms with Crippen LogP contribution in [0.4, 0.5) is 0 Å². The monoisotopic (exact) mass is 350 g/mol. The van der Waals surface area contributed by atoms with Crippen molar-refractivity contribution in [2.45, 2.75) is 11.7 Å². The number of carbonyl (C=O) groups is 3. The molecule has 0 radical (unpaired) electrons. The third-order valence-corrected chi connectivity index (χ3v) is 3.94. The number of amides is 2. The molecule has 1 unspecified atom stereocenters. The fraction of sp³-hybridized carbons (Fsp3) is 0.214. The summed E-state index contributed by atoms with van der Waals surface area (Å²) in [6, 6.07) is 6.55. The SMILES string of the molecule is O=C(O)CNC(=O)CC1SC(=NN=Cc2ccccc2O)NC1=O. The summed E-state index contributed by atoms with van der Waals surface area (Å²) >= 11 is 1.03. The van der Waals surface area contributed by atoms with Crippen LogP contribution in [0.5, 0.6) is 5.75 Å². The van der Waals surface area contributed by atoms with Crippen LogP contribution in [0.15, 0.2) is 34.5 Å². The van der Waals surface area contributed by atoms with Gasteiger partial charge in [0.2, 0.25) is 11.8 Å². The van der Waals surface area contributed by atoms with Crippen molar-refractivity contribution in [3.63, 3.8) is 0 Å². The molecule has 0 spiro atoms. The van der Waals surface area contributed by atoms with E-state index in [1.807, 2.05) is 0 Å². The number of phenols is 1. The highest BCUT2D eigenvalue weighted by Crippen LogP contribution is 2.22. The molecule has 10 heteroatoms. The summed E-state index contributed by atoms with van der Waals surface area (Å²) in [5.74, 6) is -2.05. The summed E-state index contributed by atoms with van der Waals surface area (Å²) in [4.78, 5) is 33.6. The Kier molecular flexibility index (Phi) is 5.90. The molecule has 1 aromatic rings. The first-order chi connectivity index (χ1) is 11.5. The van der Waals surface area contributed by atoms with E-state index < -0.39 is 29.6 Å². The fourth-order valence-corrected chi connectivity index (χ4v) is 2.67. The zero-order valence-corrected chi connectivity index (χ0v) is 13.1. The number of hydrogen-bond donors (Lipinski definition) is 4. The number of carboxylic acids is 1. The number of benzene rings is 1. The minimum absolute atomic E-state index is 0.0533. The highest BCUT2D eigenvalue weighted by Gasteiger charge is 2.32. The van der Waals surface area contributed by atoms with Crippen molar-refractivity contribution in [3.05, 3.63) is 29.8 Å². The van der Waals surface area contributed by atoms with Crippen molar-refractivity contribution in [1.29, 1.82) is 0 Å². The predicted octanol–water partition coefficient (Wildman–Crippen LogP) is -0.0954. The second-order valence-corrected chi connectivity index (χ2v) is 5.87. The van der Waals surface area contributed by atoms with Gasteiger partial charge in [-0.2, -0.15) is 5.10 Å². The molecule has 1 aliphatic heterocycles. The molecule has 126 valence electrons. The maximum Gasteiger partial charge on any atom is 0.322 e. The molecule has 2 rings (SSSR count). The number of amidine groups is 1. The predicted molar refractivity (Wildman–Crippen MR) is 87.9 cm³/mol. The molecule has 1 saturated heterocycles. The van der Waals surface area contributed by atoms with Gasteiger partial charge in [0.05, 0.1) is 6.21 Å². The molecule has 9 nitrogen and oxygen atoms in total. The minimum atomic E-state index is -1.16. The summed E-state index contributed by atoms with van der Waals surface area (Å²) < 4.78 is 0. The summed E-state index contributed by atoms with van der Waals surface area (Å²) in [5.41, 5.74) is 0.473. The van der Waals surface area contributed by atoms with E-state index in [1.54, 1.807) is 18.2 Å². The molecule has 4 N–H and O–H groups in total. The zero-order valence-electron chi connectivity index (χ0n) is 12.3. The number of phenolic OH excluding ortho intramolecular Hbond substituents is 1. The van der Waals surface area contributed by atoms with Gasteiger partial charge < -0.3 is 20.8 Å². The second kappa shape index (κ2) is 8.11. The Balaban J connectivity index is 1.90. The van der Waals surface area contributed by atoms with E-state index in [9.17, 15) is 19.5 Å². The van der Waals surface area contributed by atoms with Crippen LogP contribution in [0.25, 0.3) is 0 Å². The maximum absolute atomic E-state index is 11.7. The quantitative estimate of drug-likeness (QED) is 0.417. The lowest BCUT2D eigenvalue weighted by atomic mass is 10.2. The number of carboxylic acid groups (broad SMARTS) is 1. The van der Waals surface area contributed by atoms with E-state index in [0.29, 0.717) is 5.56 Å². The van der Waals surface area contributed by atoms with Crippen LogP contribution in [0.1, 0.15) is 12.0 Å². The van der Waals surface area contributed by atoms with E-state index >= 15 is 0 Å². The second-order valence-electron chi connectivity index (χ2n) is 4.68. The lowest BCUT2D eigenvalue weighted by Gasteiger charge is -2.04. The molecular weight excluding hydrogens is 336 g/mol. The third kappa shape index (κ3) is 5.09. The third-order valence-electron chi connectivity index (χ3n) is 2.87. The molecule has 2 amide bonds. The molecule has 0 saturated carbocycles. The molecule has 1 aliphatic rings. The average Bonchev–Trinajstić information content (AvgIpc) is 2.87. The molecule has 0 bridgehead atoms. The number of thioether (sulfide) groups is 1. The van der Waals surface area contributed by atoms with Gasteiger partial charge in [0, 0.05) is 12.0 Å². The first-order valence-corrected chi connectivity index (χ1v) is 7.68. The van der Waals surface area contributed by atoms with Crippen molar-refractivity contribution in [3.8, 4) is 5.75 Å². The van der Waals surface area contributed by atoms with E-state index in [4.69, 9.17) is 5.11 Å². The fourth-order valence-electron chi connectivity index (χ4n) is 1.74. The van der Waals surface area contributed by atoms with Crippen molar-refractivity contribution >= 4 is 40.9 Å². The molecule has 0 aliphatic carbocycles. The van der Waals surface area contributed by atoms with Crippen molar-refractivity contribution in [1.82, 2.24) is 10.6 Å². The van der Waals surface area contributed by atoms with E-state index in [1.165, 1.54) is 12.3 Å². The molecule has 1 heterocycles. The Labute approximate surface area is 140 Å². The van der Waals surface area contributed by atoms with Crippen LogP contribution in [0.2, 0.25) is 0 Å². The van der Waals surface area contributed by atoms with Gasteiger partial charge >= 0.3 is 5.97 Å². The van der Waals surface area contributed by atoms with Gasteiger partial charge in [-0.3, -0.25) is 14.4 Å². The average molecular weight is 350 g/mol. The van der Waals surface area contributed by atoms with Crippen molar-refractivity contribution < 1.29 is 24.6 Å². The highest BCUT2D eigenvalue weighted by atomic mass is 32.2. The van der Waals surface area contributed by atoms with Gasteiger partial charge in [0.15, 0.2) is 5.17 Å². The van der Waals surface area contributed by atoms with E-state index in [2.05, 4.69) is 20.8 Å². The lowest BCUT2D eigenvalue weighted by Crippen LogP contribution is -2.33. The Hall–Kier alpha value is -2.88. The van der Waals surface area contributed by atoms with E-state index in [0.717, 1.165) is 11.8 Å². The summed E-state index contributed by atoms with van der Waals surface area (Å²) in [7, 11) is 0. The summed E-state index contributed by atoms with van der Waals surface area (Å²) in [6.45, 7) is -0.496. The molecule has 1 atom stereocenters. The Bertz CT molecular complexity index is 719. The maximum atomic E-state index is 11.7. The van der Waals surface area contributed by atoms with Crippen LogP contribution in [0.3, 0.4) is 0 Å². The van der Waals surface area contributed by atoms with Crippen LogP contribution >= 0.6 is 11.8 Å². The highest BCUT2D eigenvalue weighted by molar-refractivity contribution is 8.15. The molecule has 24 heavy (non-hydrogen) atoms. The first-order valence-electron chi connectivity index (χ1n) is 6.80. The number of rotatable bonds is 6. The standard InChI is InChI=1S/C14H14N4O5S/c19-9-4-2-1-3-8(9)6-16-18-14-17-13(23)10(24-14)5-11(20)15-7-12(21)22/h1-4,6,10,19H,5,7H2,(H,15,20)(H,21,22)(H,17,18,23). The van der Waals surface area contributed by atoms with Gasteiger partial charge in [-0.15, -0.1) is 5.10 Å². The summed E-state index contributed by atoms with van der Waals surface area (Å²) in [5, 5.41) is 29.8. The number of aliphatic carboxylic acids is 1. The topological polar surface area (TPSA) is 140 Å². The van der Waals surface area contributed by atoms with Gasteiger partial charge in [0.25, 0.3) is 0 Å². The molecule has 0 aromatic heterocycles. The number of nitrogens with one attached hydrogen (secondary N) is 2. The largest absolute Gasteiger partial charge is 0.507 e. The smallest absolute Gasteiger partial charge is 0.322 e. The Morgan fingerprint density at radius 3 is 2.83 bits per heavy atom. The van der Waals surface area contributed by atoms with Gasteiger partial charge in [-0.25, -0.2) is 0 Å². The van der Waals surface area contributed by atoms with Crippen LogP contribution in [-0.2, 0) is 14.4 Å². The number of hydrogen-bond acceptors (Lipinski definition) is 7. The van der Waals surface area contributed by atoms with Crippen molar-refractivity contribution in [2.24, 2.45) is 10.2 Å². The number of para-hydroxylation sites is 1. The van der Waals surface area contributed by atoms with Crippen molar-refractivity contribution in [2.75, 3.05) is 6.54 Å². The minimum Gasteiger partial charge on any atom is -0.507 e. The first kappa shape index (κ1) is 17.5. The molecule has 1 fully saturated rings. The van der Waals surface area contributed by atoms with Crippen LogP contribution < -0.4 is 10.6 Å². The summed E-state index contributed by atoms with van der Waals surface area (Å²) in [6.07, 6.45) is 1.17. The van der Waals surface area contributed by atoms with E-state index in [-0.39, 0.29) is 17.3 Å².